The molecule has 2 amide bonds. The van der Waals surface area contributed by atoms with Crippen molar-refractivity contribution in [1.29, 1.82) is 0 Å². The number of amides is 2. The highest BCUT2D eigenvalue weighted by atomic mass is 16.5. The van der Waals surface area contributed by atoms with Gasteiger partial charge in [-0.15, -0.1) is 0 Å². The fraction of sp³-hybridized carbons (Fsp3) is 0.409. The van der Waals surface area contributed by atoms with Gasteiger partial charge in [-0.05, 0) is 37.1 Å². The number of nitrogens with one attached hydrogen (secondary N) is 1. The van der Waals surface area contributed by atoms with E-state index in [-0.39, 0.29) is 17.9 Å². The van der Waals surface area contributed by atoms with Gasteiger partial charge < -0.3 is 24.6 Å². The summed E-state index contributed by atoms with van der Waals surface area (Å²) in [7, 11) is 1.60. The van der Waals surface area contributed by atoms with Crippen molar-refractivity contribution in [2.45, 2.75) is 18.9 Å². The molecule has 0 aliphatic carbocycles. The van der Waals surface area contributed by atoms with Gasteiger partial charge in [0.1, 0.15) is 17.7 Å². The maximum atomic E-state index is 13.2. The summed E-state index contributed by atoms with van der Waals surface area (Å²) in [5.74, 6) is 1.08. The first-order chi connectivity index (χ1) is 14.7. The maximum absolute atomic E-state index is 13.2. The summed E-state index contributed by atoms with van der Waals surface area (Å²) in [6, 6.07) is 11.0. The number of aromatic nitrogens is 1. The van der Waals surface area contributed by atoms with Crippen LogP contribution in [0.4, 0.5) is 11.5 Å². The Hall–Kier alpha value is -3.13. The van der Waals surface area contributed by atoms with Crippen LogP contribution in [0.25, 0.3) is 0 Å². The highest BCUT2D eigenvalue weighted by Gasteiger charge is 2.32. The largest absolute Gasteiger partial charge is 0.495 e. The van der Waals surface area contributed by atoms with Crippen molar-refractivity contribution < 1.29 is 19.1 Å². The van der Waals surface area contributed by atoms with Crippen LogP contribution < -0.4 is 10.1 Å². The number of benzene rings is 1. The Bertz CT molecular complexity index is 906. The number of pyridine rings is 1. The Morgan fingerprint density at radius 3 is 2.60 bits per heavy atom. The summed E-state index contributed by atoms with van der Waals surface area (Å²) >= 11 is 0. The van der Waals surface area contributed by atoms with E-state index in [1.165, 1.54) is 0 Å². The minimum absolute atomic E-state index is 0.0412. The zero-order valence-corrected chi connectivity index (χ0v) is 17.0. The Kier molecular flexibility index (Phi) is 6.13. The fourth-order valence-corrected chi connectivity index (χ4v) is 3.83. The van der Waals surface area contributed by atoms with Gasteiger partial charge >= 0.3 is 0 Å². The molecule has 4 rings (SSSR count). The van der Waals surface area contributed by atoms with E-state index in [9.17, 15) is 9.59 Å². The molecule has 0 bridgehead atoms. The van der Waals surface area contributed by atoms with Crippen LogP contribution in [0.5, 0.6) is 5.75 Å². The van der Waals surface area contributed by atoms with Crippen LogP contribution >= 0.6 is 0 Å². The van der Waals surface area contributed by atoms with Crippen LogP contribution in [-0.4, -0.2) is 72.6 Å². The maximum Gasteiger partial charge on any atom is 0.257 e. The number of rotatable bonds is 5. The van der Waals surface area contributed by atoms with Crippen LogP contribution in [0.3, 0.4) is 0 Å². The Morgan fingerprint density at radius 2 is 1.87 bits per heavy atom. The molecule has 1 N–H and O–H groups in total. The first kappa shape index (κ1) is 20.2. The number of hydrogen-bond acceptors (Lipinski definition) is 6. The lowest BCUT2D eigenvalue weighted by molar-refractivity contribution is -0.142. The number of ether oxygens (including phenoxy) is 2. The van der Waals surface area contributed by atoms with Crippen molar-refractivity contribution in [2.75, 3.05) is 45.2 Å². The lowest BCUT2D eigenvalue weighted by Gasteiger charge is -2.36. The zero-order chi connectivity index (χ0) is 20.9. The van der Waals surface area contributed by atoms with Gasteiger partial charge in [-0.25, -0.2) is 4.98 Å². The standard InChI is InChI=1S/C22H26N4O4/c1-29-18-8-3-2-7-17(18)24-20-16(6-4-10-23-20)21(27)25-11-13-26(14-12-25)22(28)19-9-5-15-30-19/h2-4,6-8,10,19H,5,9,11-15H2,1H3,(H,23,24). The lowest BCUT2D eigenvalue weighted by Crippen LogP contribution is -2.52. The highest BCUT2D eigenvalue weighted by Crippen LogP contribution is 2.28. The normalized spacial score (nSPS) is 18.9. The van der Waals surface area contributed by atoms with Gasteiger partial charge in [0.25, 0.3) is 11.8 Å². The van der Waals surface area contributed by atoms with Crippen LogP contribution in [-0.2, 0) is 9.53 Å². The molecule has 1 atom stereocenters. The van der Waals surface area contributed by atoms with Crippen molar-refractivity contribution in [3.8, 4) is 5.75 Å². The smallest absolute Gasteiger partial charge is 0.257 e. The molecule has 8 heteroatoms. The predicted molar refractivity (Wildman–Crippen MR) is 112 cm³/mol. The molecule has 1 aromatic carbocycles. The number of carbonyl (C=O) groups is 2. The van der Waals surface area contributed by atoms with Gasteiger partial charge in [0.05, 0.1) is 18.4 Å². The van der Waals surface area contributed by atoms with Crippen molar-refractivity contribution in [1.82, 2.24) is 14.8 Å². The Labute approximate surface area is 175 Å². The van der Waals surface area contributed by atoms with Crippen LogP contribution in [0.15, 0.2) is 42.6 Å². The second-order valence-corrected chi connectivity index (χ2v) is 7.34. The zero-order valence-electron chi connectivity index (χ0n) is 17.0. The second-order valence-electron chi connectivity index (χ2n) is 7.34. The van der Waals surface area contributed by atoms with Crippen molar-refractivity contribution in [3.63, 3.8) is 0 Å². The molecular formula is C22H26N4O4. The number of piperazine rings is 1. The van der Waals surface area contributed by atoms with E-state index < -0.39 is 0 Å². The van der Waals surface area contributed by atoms with Gasteiger partial charge in [0, 0.05) is 39.0 Å². The molecule has 30 heavy (non-hydrogen) atoms. The van der Waals surface area contributed by atoms with E-state index in [0.717, 1.165) is 18.5 Å². The number of anilines is 2. The molecule has 0 saturated carbocycles. The van der Waals surface area contributed by atoms with Crippen molar-refractivity contribution in [3.05, 3.63) is 48.2 Å². The molecule has 0 spiro atoms. The van der Waals surface area contributed by atoms with Gasteiger partial charge in [-0.2, -0.15) is 0 Å². The molecule has 2 aliphatic heterocycles. The van der Waals surface area contributed by atoms with Gasteiger partial charge in [0.2, 0.25) is 0 Å². The number of para-hydroxylation sites is 2. The summed E-state index contributed by atoms with van der Waals surface area (Å²) in [4.78, 5) is 33.7. The van der Waals surface area contributed by atoms with E-state index >= 15 is 0 Å². The van der Waals surface area contributed by atoms with Crippen molar-refractivity contribution in [2.24, 2.45) is 0 Å². The van der Waals surface area contributed by atoms with Crippen molar-refractivity contribution >= 4 is 23.3 Å². The minimum Gasteiger partial charge on any atom is -0.495 e. The Morgan fingerprint density at radius 1 is 1.10 bits per heavy atom. The molecule has 2 aromatic rings. The van der Waals surface area contributed by atoms with Gasteiger partial charge in [-0.3, -0.25) is 9.59 Å². The van der Waals surface area contributed by atoms with Crippen LogP contribution in [0, 0.1) is 0 Å². The van der Waals surface area contributed by atoms with E-state index in [4.69, 9.17) is 9.47 Å². The molecule has 1 unspecified atom stereocenters. The molecule has 2 fully saturated rings. The summed E-state index contributed by atoms with van der Waals surface area (Å²) in [6.45, 7) is 2.65. The number of carbonyl (C=O) groups excluding carboxylic acids is 2. The minimum atomic E-state index is -0.317. The third-order valence-electron chi connectivity index (χ3n) is 5.48. The molecule has 158 valence electrons. The molecule has 8 nitrogen and oxygen atoms in total. The summed E-state index contributed by atoms with van der Waals surface area (Å²) in [5, 5.41) is 3.21. The van der Waals surface area contributed by atoms with E-state index in [1.54, 1.807) is 35.2 Å². The summed E-state index contributed by atoms with van der Waals surface area (Å²) in [5.41, 5.74) is 1.22. The quantitative estimate of drug-likeness (QED) is 0.814. The summed E-state index contributed by atoms with van der Waals surface area (Å²) < 4.78 is 10.9. The van der Waals surface area contributed by atoms with E-state index in [2.05, 4.69) is 10.3 Å². The average molecular weight is 410 g/mol. The molecule has 2 aliphatic rings. The SMILES string of the molecule is COc1ccccc1Nc1ncccc1C(=O)N1CCN(C(=O)C2CCCO2)CC1. The average Bonchev–Trinajstić information content (AvgIpc) is 3.34. The first-order valence-electron chi connectivity index (χ1n) is 10.2. The van der Waals surface area contributed by atoms with Crippen LogP contribution in [0.2, 0.25) is 0 Å². The molecular weight excluding hydrogens is 384 g/mol. The predicted octanol–water partition coefficient (Wildman–Crippen LogP) is 2.30. The van der Waals surface area contributed by atoms with Gasteiger partial charge in [0.15, 0.2) is 0 Å². The second kappa shape index (κ2) is 9.13. The Balaban J connectivity index is 1.44. The molecule has 2 saturated heterocycles. The molecule has 1 aromatic heterocycles. The first-order valence-corrected chi connectivity index (χ1v) is 10.2. The molecule has 0 radical (unpaired) electrons. The number of nitrogens with zero attached hydrogens (tertiary/aromatic N) is 3. The number of methoxy groups -OCH3 is 1. The summed E-state index contributed by atoms with van der Waals surface area (Å²) in [6.07, 6.45) is 3.04. The van der Waals surface area contributed by atoms with E-state index in [0.29, 0.717) is 49.9 Å². The highest BCUT2D eigenvalue weighted by molar-refractivity contribution is 5.99. The van der Waals surface area contributed by atoms with Gasteiger partial charge in [-0.1, -0.05) is 12.1 Å². The molecule has 3 heterocycles. The monoisotopic (exact) mass is 410 g/mol. The lowest BCUT2D eigenvalue weighted by atomic mass is 10.1. The third kappa shape index (κ3) is 4.23. The van der Waals surface area contributed by atoms with E-state index in [1.807, 2.05) is 24.3 Å². The van der Waals surface area contributed by atoms with Crippen LogP contribution in [0.1, 0.15) is 23.2 Å². The third-order valence-corrected chi connectivity index (χ3v) is 5.48. The fourth-order valence-electron chi connectivity index (χ4n) is 3.83. The number of hydrogen-bond donors (Lipinski definition) is 1. The topological polar surface area (TPSA) is 84.0 Å².